The van der Waals surface area contributed by atoms with Gasteiger partial charge in [0, 0.05) is 24.7 Å². The van der Waals surface area contributed by atoms with Crippen molar-refractivity contribution in [2.24, 2.45) is 10.9 Å². The van der Waals surface area contributed by atoms with Gasteiger partial charge in [0.1, 0.15) is 5.82 Å². The summed E-state index contributed by atoms with van der Waals surface area (Å²) >= 11 is 0. The largest absolute Gasteiger partial charge is 0.409 e. The number of rotatable bonds is 3. The average Bonchev–Trinajstić information content (AvgIpc) is 2.42. The summed E-state index contributed by atoms with van der Waals surface area (Å²) in [5.74, 6) is -0.647. The van der Waals surface area contributed by atoms with Crippen LogP contribution in [0.5, 0.6) is 0 Å². The minimum absolute atomic E-state index is 0.126. The van der Waals surface area contributed by atoms with Crippen molar-refractivity contribution in [3.63, 3.8) is 0 Å². The maximum atomic E-state index is 14.3. The predicted octanol–water partition coefficient (Wildman–Crippen LogP) is 1.14. The Morgan fingerprint density at radius 1 is 1.63 bits per heavy atom. The Balaban J connectivity index is 2.21. The third-order valence-electron chi connectivity index (χ3n) is 3.34. The molecule has 0 saturated carbocycles. The molecule has 0 radical (unpaired) electrons. The smallest absolute Gasteiger partial charge is 0.173 e. The van der Waals surface area contributed by atoms with Gasteiger partial charge in [-0.05, 0) is 13.0 Å². The van der Waals surface area contributed by atoms with Gasteiger partial charge in [-0.25, -0.2) is 4.39 Å². The van der Waals surface area contributed by atoms with Crippen molar-refractivity contribution < 1.29 is 14.3 Å². The quantitative estimate of drug-likeness (QED) is 0.373. The molecule has 1 unspecified atom stereocenters. The highest BCUT2D eigenvalue weighted by Gasteiger charge is 2.21. The van der Waals surface area contributed by atoms with Crippen LogP contribution in [0.25, 0.3) is 0 Å². The van der Waals surface area contributed by atoms with Crippen LogP contribution in [0, 0.1) is 5.82 Å². The van der Waals surface area contributed by atoms with Gasteiger partial charge in [-0.15, -0.1) is 0 Å². The molecule has 0 amide bonds. The first kappa shape index (κ1) is 13.8. The van der Waals surface area contributed by atoms with E-state index < -0.39 is 5.82 Å². The minimum atomic E-state index is -0.434. The number of amidine groups is 1. The molecule has 19 heavy (non-hydrogen) atoms. The molecule has 1 aromatic carbocycles. The van der Waals surface area contributed by atoms with E-state index >= 15 is 0 Å². The molecule has 104 valence electrons. The number of benzene rings is 1. The highest BCUT2D eigenvalue weighted by Crippen LogP contribution is 2.17. The Labute approximate surface area is 111 Å². The summed E-state index contributed by atoms with van der Waals surface area (Å²) in [5, 5.41) is 11.5. The minimum Gasteiger partial charge on any atom is -0.409 e. The lowest BCUT2D eigenvalue weighted by molar-refractivity contribution is -0.00480. The summed E-state index contributed by atoms with van der Waals surface area (Å²) in [5.41, 5.74) is 6.12. The number of morpholine rings is 1. The molecular formula is C13H18FN3O2. The van der Waals surface area contributed by atoms with Crippen LogP contribution >= 0.6 is 0 Å². The van der Waals surface area contributed by atoms with Gasteiger partial charge in [-0.2, -0.15) is 0 Å². The van der Waals surface area contributed by atoms with Crippen LogP contribution in [0.15, 0.2) is 23.4 Å². The maximum absolute atomic E-state index is 14.3. The first-order valence-electron chi connectivity index (χ1n) is 6.20. The van der Waals surface area contributed by atoms with Crippen LogP contribution in [0.3, 0.4) is 0 Å². The van der Waals surface area contributed by atoms with Gasteiger partial charge in [0.05, 0.1) is 18.8 Å². The lowest BCUT2D eigenvalue weighted by Gasteiger charge is -2.33. The van der Waals surface area contributed by atoms with E-state index in [2.05, 4.69) is 10.1 Å². The topological polar surface area (TPSA) is 71.1 Å². The summed E-state index contributed by atoms with van der Waals surface area (Å²) in [4.78, 5) is 2.15. The molecule has 1 atom stereocenters. The van der Waals surface area contributed by atoms with Crippen molar-refractivity contribution in [2.75, 3.05) is 19.8 Å². The van der Waals surface area contributed by atoms with E-state index in [0.717, 1.165) is 6.54 Å². The molecule has 5 nitrogen and oxygen atoms in total. The van der Waals surface area contributed by atoms with Crippen LogP contribution in [0.4, 0.5) is 4.39 Å². The van der Waals surface area contributed by atoms with E-state index in [1.54, 1.807) is 12.1 Å². The molecule has 0 aromatic heterocycles. The van der Waals surface area contributed by atoms with Gasteiger partial charge >= 0.3 is 0 Å². The van der Waals surface area contributed by atoms with E-state index in [1.807, 2.05) is 6.92 Å². The van der Waals surface area contributed by atoms with Gasteiger partial charge < -0.3 is 15.7 Å². The van der Waals surface area contributed by atoms with E-state index in [-0.39, 0.29) is 17.4 Å². The van der Waals surface area contributed by atoms with Crippen LogP contribution < -0.4 is 5.73 Å². The van der Waals surface area contributed by atoms with Crippen molar-refractivity contribution in [3.8, 4) is 0 Å². The van der Waals surface area contributed by atoms with Crippen molar-refractivity contribution in [1.29, 1.82) is 0 Å². The zero-order valence-electron chi connectivity index (χ0n) is 10.8. The monoisotopic (exact) mass is 267 g/mol. The zero-order valence-corrected chi connectivity index (χ0v) is 10.8. The molecule has 1 heterocycles. The predicted molar refractivity (Wildman–Crippen MR) is 69.6 cm³/mol. The second-order valence-electron chi connectivity index (χ2n) is 4.66. The average molecular weight is 267 g/mol. The summed E-state index contributed by atoms with van der Waals surface area (Å²) in [6.07, 6.45) is 0. The zero-order chi connectivity index (χ0) is 13.8. The molecule has 0 spiro atoms. The normalized spacial score (nSPS) is 21.6. The molecule has 6 heteroatoms. The maximum Gasteiger partial charge on any atom is 0.173 e. The second kappa shape index (κ2) is 5.99. The SMILES string of the molecule is CC1COCCN1Cc1cccc(/C(N)=N/O)c1F. The molecule has 0 bridgehead atoms. The van der Waals surface area contributed by atoms with Gasteiger partial charge in [-0.3, -0.25) is 4.90 Å². The number of nitrogens with two attached hydrogens (primary N) is 1. The summed E-state index contributed by atoms with van der Waals surface area (Å²) < 4.78 is 19.6. The van der Waals surface area contributed by atoms with Gasteiger partial charge in [0.25, 0.3) is 0 Å². The van der Waals surface area contributed by atoms with Gasteiger partial charge in [0.15, 0.2) is 5.84 Å². The standard InChI is InChI=1S/C13H18FN3O2/c1-9-8-19-6-5-17(9)7-10-3-2-4-11(12(10)14)13(15)16-18/h2-4,9,18H,5-8H2,1H3,(H2,15,16). The fraction of sp³-hybridized carbons (Fsp3) is 0.462. The van der Waals surface area contributed by atoms with Crippen LogP contribution in [-0.4, -0.2) is 41.7 Å². The lowest BCUT2D eigenvalue weighted by atomic mass is 10.1. The number of hydrogen-bond donors (Lipinski definition) is 2. The first-order chi connectivity index (χ1) is 9.13. The van der Waals surface area contributed by atoms with E-state index in [1.165, 1.54) is 6.07 Å². The lowest BCUT2D eigenvalue weighted by Crippen LogP contribution is -2.43. The Morgan fingerprint density at radius 3 is 3.11 bits per heavy atom. The Bertz CT molecular complexity index is 479. The number of ether oxygens (including phenoxy) is 1. The first-order valence-corrected chi connectivity index (χ1v) is 6.20. The molecule has 1 aromatic rings. The van der Waals surface area contributed by atoms with E-state index in [9.17, 15) is 4.39 Å². The summed E-state index contributed by atoms with van der Waals surface area (Å²) in [7, 11) is 0. The third kappa shape index (κ3) is 3.02. The van der Waals surface area contributed by atoms with Crippen LogP contribution in [-0.2, 0) is 11.3 Å². The molecule has 1 aliphatic heterocycles. The fourth-order valence-electron chi connectivity index (χ4n) is 2.17. The summed E-state index contributed by atoms with van der Waals surface area (Å²) in [6.45, 7) is 4.62. The third-order valence-corrected chi connectivity index (χ3v) is 3.34. The van der Waals surface area contributed by atoms with Gasteiger partial charge in [-0.1, -0.05) is 17.3 Å². The second-order valence-corrected chi connectivity index (χ2v) is 4.66. The van der Waals surface area contributed by atoms with Crippen LogP contribution in [0.1, 0.15) is 18.1 Å². The highest BCUT2D eigenvalue weighted by molar-refractivity contribution is 5.97. The Kier molecular flexibility index (Phi) is 4.34. The molecule has 1 saturated heterocycles. The van der Waals surface area contributed by atoms with Crippen molar-refractivity contribution in [3.05, 3.63) is 35.1 Å². The molecule has 1 fully saturated rings. The Morgan fingerprint density at radius 2 is 2.42 bits per heavy atom. The van der Waals surface area contributed by atoms with Crippen molar-refractivity contribution >= 4 is 5.84 Å². The molecular weight excluding hydrogens is 249 g/mol. The van der Waals surface area contributed by atoms with Crippen LogP contribution in [0.2, 0.25) is 0 Å². The van der Waals surface area contributed by atoms with Gasteiger partial charge in [0.2, 0.25) is 0 Å². The molecule has 2 rings (SSSR count). The number of hydrogen-bond acceptors (Lipinski definition) is 4. The fourth-order valence-corrected chi connectivity index (χ4v) is 2.17. The number of oxime groups is 1. The summed E-state index contributed by atoms with van der Waals surface area (Å²) in [6, 6.07) is 5.17. The molecule has 1 aliphatic rings. The highest BCUT2D eigenvalue weighted by atomic mass is 19.1. The van der Waals surface area contributed by atoms with Crippen molar-refractivity contribution in [1.82, 2.24) is 4.90 Å². The van der Waals surface area contributed by atoms with E-state index in [4.69, 9.17) is 15.7 Å². The molecule has 0 aliphatic carbocycles. The van der Waals surface area contributed by atoms with E-state index in [0.29, 0.717) is 25.3 Å². The molecule has 3 N–H and O–H groups in total. The number of halogens is 1. The number of nitrogens with zero attached hydrogens (tertiary/aromatic N) is 2. The van der Waals surface area contributed by atoms with Crippen molar-refractivity contribution in [2.45, 2.75) is 19.5 Å². The Hall–Kier alpha value is -1.66.